The summed E-state index contributed by atoms with van der Waals surface area (Å²) in [5, 5.41) is 45.1. The molecule has 5 aromatic carbocycles. The molecule has 43 heteroatoms. The molecule has 0 aliphatic heterocycles. The first-order chi connectivity index (χ1) is 59.0. The van der Waals surface area contributed by atoms with E-state index in [2.05, 4.69) is 120 Å². The zero-order valence-electron chi connectivity index (χ0n) is 64.9. The summed E-state index contributed by atoms with van der Waals surface area (Å²) >= 11 is 4.25. The molecule has 18 aromatic rings. The Kier molecular flexibility index (Phi) is 25.6. The Labute approximate surface area is 706 Å². The molecular formula is C79H75N31O7S5. The number of nitrogens with one attached hydrogen (secondary N) is 6. The number of unbranched alkanes of at least 4 members (excludes halogenated alkanes) is 1. The minimum atomic E-state index is -3.58. The fourth-order valence-corrected chi connectivity index (χ4v) is 16.3. The van der Waals surface area contributed by atoms with Crippen molar-refractivity contribution < 1.29 is 31.2 Å². The molecule has 13 aromatic heterocycles. The largest absolute Gasteiger partial charge is 0.383 e. The van der Waals surface area contributed by atoms with Crippen LogP contribution in [0.15, 0.2) is 240 Å². The Morgan fingerprint density at radius 3 is 1.10 bits per heavy atom. The lowest BCUT2D eigenvalue weighted by atomic mass is 10.1. The molecule has 13 heterocycles. The molecule has 0 bridgehead atoms. The number of fused-ring (bicyclic) bond motifs is 5. The van der Waals surface area contributed by atoms with Gasteiger partial charge in [0.15, 0.2) is 28.2 Å². The Morgan fingerprint density at radius 2 is 0.754 bits per heavy atom. The lowest BCUT2D eigenvalue weighted by Gasteiger charge is -2.10. The first kappa shape index (κ1) is 83.2. The van der Waals surface area contributed by atoms with E-state index in [1.807, 2.05) is 95.9 Å². The van der Waals surface area contributed by atoms with Gasteiger partial charge in [0, 0.05) is 45.6 Å². The van der Waals surface area contributed by atoms with E-state index >= 15 is 0 Å². The number of hydrogen-bond donors (Lipinski definition) is 11. The number of hydrogen-bond acceptors (Lipinski definition) is 30. The van der Waals surface area contributed by atoms with Crippen LogP contribution in [-0.2, 0) is 24.8 Å². The summed E-state index contributed by atoms with van der Waals surface area (Å²) in [7, 11) is -6.89. The molecule has 0 saturated carbocycles. The molecule has 0 radical (unpaired) electrons. The van der Waals surface area contributed by atoms with E-state index in [-0.39, 0.29) is 28.5 Å². The van der Waals surface area contributed by atoms with Gasteiger partial charge in [0.25, 0.3) is 15.9 Å². The van der Waals surface area contributed by atoms with Crippen LogP contribution in [0.5, 0.6) is 0 Å². The minimum absolute atomic E-state index is 0.0298. The van der Waals surface area contributed by atoms with Gasteiger partial charge in [-0.25, -0.2) is 94.9 Å². The molecule has 1 atom stereocenters. The number of nitrogens with zero attached hydrogens (tertiary/aromatic N) is 20. The highest BCUT2D eigenvalue weighted by Crippen LogP contribution is 2.29. The van der Waals surface area contributed by atoms with Crippen LogP contribution in [-0.4, -0.2) is 139 Å². The van der Waals surface area contributed by atoms with Crippen LogP contribution in [0.3, 0.4) is 0 Å². The molecule has 16 N–H and O–H groups in total. The van der Waals surface area contributed by atoms with Crippen molar-refractivity contribution in [1.82, 2.24) is 98.7 Å². The predicted octanol–water partition coefficient (Wildman–Crippen LogP) is 12.8. The summed E-state index contributed by atoms with van der Waals surface area (Å²) in [4.78, 5) is 77.6. The molecule has 0 saturated heterocycles. The van der Waals surface area contributed by atoms with Gasteiger partial charge in [-0.05, 0) is 168 Å². The van der Waals surface area contributed by atoms with Crippen LogP contribution >= 0.6 is 34.0 Å². The van der Waals surface area contributed by atoms with Gasteiger partial charge in [-0.1, -0.05) is 39.7 Å². The zero-order chi connectivity index (χ0) is 85.4. The molecule has 0 fully saturated rings. The molecule has 0 aliphatic carbocycles. The maximum absolute atomic E-state index is 12.2. The zero-order valence-corrected chi connectivity index (χ0v) is 68.9. The third-order valence-corrected chi connectivity index (χ3v) is 23.3. The highest BCUT2D eigenvalue weighted by molar-refractivity contribution is 7.93. The number of anilines is 11. The van der Waals surface area contributed by atoms with Crippen LogP contribution in [0.2, 0.25) is 0 Å². The second-order valence-electron chi connectivity index (χ2n) is 26.6. The Bertz CT molecular complexity index is 6890. The standard InChI is InChI=1S/C17H20N6O.C16H13N7OS.C16H12N6OS.C15H12N6O2S2.C15H18N6O2S/c1-3-11(2)8-15(24)22-12-4-6-13(7-5-12)23-17-14(9-21-23)16(18)19-10-20-17;17-14-13-7-20-23(15(13)19-9-18-14)12-3-1-10(2-4-12)21-16(24)22-11-5-6-25-8-11;17-14-12-8-20-22(15(12)19-9-18-14)11-5-3-10(4-6-11)21-16(23)13-2-1-7-24-13;16-14-13-7-19-21(15(13)18-9-17-14)11-3-1-10(2-4-11)20-25(22,23)12-5-6-24-8-12;1-2-3-8-24(22,23)20-11-4-6-12(7-5-11)21-15-13(9-19-21)14(16)17-10-18-15/h4-7,9-11H,3,8H2,1-2H3,(H,22,24)(H2,18,19,20);1-9H,(H2,17,18,19)(H2,21,22,24);1-9H,(H,21,23)(H2,17,18,19);1-9,20H,(H2,16,17,18);4-7,9-10,20H,2-3,8H2,1H3,(H2,16,17,18). The first-order valence-electron chi connectivity index (χ1n) is 37.1. The van der Waals surface area contributed by atoms with Crippen molar-refractivity contribution in [3.8, 4) is 28.4 Å². The molecule has 618 valence electrons. The molecular weight excluding hydrogens is 1660 g/mol. The van der Waals surface area contributed by atoms with E-state index in [1.165, 1.54) is 65.6 Å². The minimum Gasteiger partial charge on any atom is -0.383 e. The van der Waals surface area contributed by atoms with Gasteiger partial charge < -0.3 is 49.9 Å². The third kappa shape index (κ3) is 19.9. The SMILES string of the molecule is CCC(C)CC(=O)Nc1ccc(-n2ncc3c(N)ncnc32)cc1.CCCCS(=O)(=O)Nc1ccc(-n2ncc3c(N)ncnc32)cc1.Nc1ncnc2c1cnn2-c1ccc(NC(=O)Nc2ccsc2)cc1.Nc1ncnc2c1cnn2-c1ccc(NC(=O)c2cccs2)cc1.Nc1ncnc2c1cnn2-c1ccc(NS(=O)(=O)c2ccsc2)cc1. The van der Waals surface area contributed by atoms with Crippen LogP contribution < -0.4 is 59.4 Å². The Morgan fingerprint density at radius 1 is 0.402 bits per heavy atom. The number of amides is 4. The Hall–Kier alpha value is -15.3. The van der Waals surface area contributed by atoms with Gasteiger partial charge in [-0.3, -0.25) is 19.0 Å². The number of sulfonamides is 2. The predicted molar refractivity (Wildman–Crippen MR) is 475 cm³/mol. The maximum Gasteiger partial charge on any atom is 0.323 e. The summed E-state index contributed by atoms with van der Waals surface area (Å²) in [5.74, 6) is 2.31. The van der Waals surface area contributed by atoms with Crippen LogP contribution in [0.25, 0.3) is 83.6 Å². The number of thiophene rings is 3. The lowest BCUT2D eigenvalue weighted by molar-refractivity contribution is -0.117. The fraction of sp³-hybridized carbons (Fsp3) is 0.114. The highest BCUT2D eigenvalue weighted by atomic mass is 32.2. The number of carbonyl (C=O) groups is 3. The van der Waals surface area contributed by atoms with E-state index in [9.17, 15) is 31.2 Å². The molecule has 18 rings (SSSR count). The molecule has 38 nitrogen and oxygen atoms in total. The van der Waals surface area contributed by atoms with E-state index in [1.54, 1.807) is 138 Å². The average Bonchev–Trinajstić information content (AvgIpc) is 1.70. The van der Waals surface area contributed by atoms with Gasteiger partial charge in [0.1, 0.15) is 60.7 Å². The number of urea groups is 1. The van der Waals surface area contributed by atoms with Crippen molar-refractivity contribution in [3.05, 3.63) is 240 Å². The van der Waals surface area contributed by atoms with Crippen molar-refractivity contribution in [1.29, 1.82) is 0 Å². The summed E-state index contributed by atoms with van der Waals surface area (Å²) in [6, 6.07) is 42.5. The average molecular weight is 1730 g/mol. The first-order valence-corrected chi connectivity index (χ1v) is 43.0. The Balaban J connectivity index is 0.000000125. The van der Waals surface area contributed by atoms with Crippen molar-refractivity contribution in [2.75, 3.05) is 65.1 Å². The van der Waals surface area contributed by atoms with E-state index in [4.69, 9.17) is 28.7 Å². The number of rotatable bonds is 21. The number of nitrogens with two attached hydrogens (primary N) is 5. The second-order valence-corrected chi connectivity index (χ2v) is 32.7. The number of nitrogen functional groups attached to an aromatic ring is 5. The lowest BCUT2D eigenvalue weighted by Crippen LogP contribution is -2.18. The van der Waals surface area contributed by atoms with E-state index in [0.29, 0.717) is 131 Å². The topological polar surface area (TPSA) is 540 Å². The van der Waals surface area contributed by atoms with Gasteiger partial charge in [-0.2, -0.15) is 48.2 Å². The third-order valence-electron chi connectivity index (χ3n) is 18.2. The van der Waals surface area contributed by atoms with E-state index < -0.39 is 20.0 Å². The molecule has 0 spiro atoms. The second kappa shape index (κ2) is 37.5. The number of aromatic nitrogens is 20. The summed E-state index contributed by atoms with van der Waals surface area (Å²) in [6.07, 6.45) is 18.1. The smallest absolute Gasteiger partial charge is 0.323 e. The van der Waals surface area contributed by atoms with Crippen molar-refractivity contribution in [3.63, 3.8) is 0 Å². The van der Waals surface area contributed by atoms with Gasteiger partial charge in [0.2, 0.25) is 15.9 Å². The summed E-state index contributed by atoms with van der Waals surface area (Å²) < 4.78 is 61.7. The number of carbonyl (C=O) groups excluding carboxylic acids is 3. The van der Waals surface area contributed by atoms with Crippen LogP contribution in [0, 0.1) is 5.92 Å². The molecule has 122 heavy (non-hydrogen) atoms. The van der Waals surface area contributed by atoms with Crippen molar-refractivity contribution in [2.24, 2.45) is 5.92 Å². The fourth-order valence-electron chi connectivity index (χ4n) is 11.7. The summed E-state index contributed by atoms with van der Waals surface area (Å²) in [5.41, 5.74) is 40.0. The van der Waals surface area contributed by atoms with Crippen molar-refractivity contribution >= 4 is 190 Å². The van der Waals surface area contributed by atoms with Gasteiger partial charge in [-0.15, -0.1) is 11.3 Å². The van der Waals surface area contributed by atoms with E-state index in [0.717, 1.165) is 52.7 Å². The maximum atomic E-state index is 12.2. The van der Waals surface area contributed by atoms with Crippen molar-refractivity contribution in [2.45, 2.75) is 51.3 Å². The molecule has 4 amide bonds. The van der Waals surface area contributed by atoms with Crippen LogP contribution in [0.4, 0.5) is 68.0 Å². The van der Waals surface area contributed by atoms with Gasteiger partial charge >= 0.3 is 6.03 Å². The quantitative estimate of drug-likeness (QED) is 0.0318. The van der Waals surface area contributed by atoms with Gasteiger partial charge in [0.05, 0.1) is 108 Å². The highest BCUT2D eigenvalue weighted by Gasteiger charge is 2.20. The van der Waals surface area contributed by atoms with Crippen LogP contribution in [0.1, 0.15) is 56.1 Å². The summed E-state index contributed by atoms with van der Waals surface area (Å²) in [6.45, 7) is 6.10. The normalized spacial score (nSPS) is 11.4. The monoisotopic (exact) mass is 1730 g/mol. The molecule has 1 unspecified atom stereocenters. The number of benzene rings is 5. The molecule has 0 aliphatic rings.